The van der Waals surface area contributed by atoms with Gasteiger partial charge in [-0.15, -0.1) is 0 Å². The zero-order valence-corrected chi connectivity index (χ0v) is 22.1. The summed E-state index contributed by atoms with van der Waals surface area (Å²) in [6, 6.07) is 49.6. The predicted molar refractivity (Wildman–Crippen MR) is 172 cm³/mol. The van der Waals surface area contributed by atoms with Gasteiger partial charge in [0.05, 0.1) is 16.6 Å². The van der Waals surface area contributed by atoms with Crippen LogP contribution in [0.3, 0.4) is 0 Å². The molecule has 9 rings (SSSR count). The first-order valence-electron chi connectivity index (χ1n) is 13.9. The maximum atomic E-state index is 5.20. The fraction of sp³-hybridized carbons (Fsp3) is 0. The summed E-state index contributed by atoms with van der Waals surface area (Å²) in [6.07, 6.45) is 0. The van der Waals surface area contributed by atoms with Crippen LogP contribution in [0.15, 0.2) is 140 Å². The Balaban J connectivity index is 1.25. The van der Waals surface area contributed by atoms with E-state index in [9.17, 15) is 0 Å². The summed E-state index contributed by atoms with van der Waals surface area (Å²) in [5.41, 5.74) is 8.09. The molecule has 0 atom stereocenters. The molecule has 0 N–H and O–H groups in total. The maximum Gasteiger partial charge on any atom is 0.165 e. The number of para-hydroxylation sites is 2. The van der Waals surface area contributed by atoms with Crippen LogP contribution >= 0.6 is 0 Å². The summed E-state index contributed by atoms with van der Waals surface area (Å²) in [4.78, 5) is 10.3. The smallest absolute Gasteiger partial charge is 0.165 e. The van der Waals surface area contributed by atoms with Crippen molar-refractivity contribution in [3.63, 3.8) is 0 Å². The fourth-order valence-corrected chi connectivity index (χ4v) is 6.38. The lowest BCUT2D eigenvalue weighted by atomic mass is 9.94. The Morgan fingerprint density at radius 1 is 0.415 bits per heavy atom. The highest BCUT2D eigenvalue weighted by Gasteiger charge is 2.16. The van der Waals surface area contributed by atoms with Crippen LogP contribution in [0.25, 0.3) is 82.2 Å². The van der Waals surface area contributed by atoms with Crippen LogP contribution in [0.1, 0.15) is 0 Å². The van der Waals surface area contributed by atoms with Crippen LogP contribution in [0.2, 0.25) is 0 Å². The van der Waals surface area contributed by atoms with Gasteiger partial charge in [-0.1, -0.05) is 103 Å². The van der Waals surface area contributed by atoms with Gasteiger partial charge >= 0.3 is 0 Å². The fourth-order valence-electron chi connectivity index (χ4n) is 6.38. The van der Waals surface area contributed by atoms with Crippen molar-refractivity contribution >= 4 is 65.4 Å². The highest BCUT2D eigenvalue weighted by Crippen LogP contribution is 2.35. The van der Waals surface area contributed by atoms with Crippen molar-refractivity contribution in [1.29, 1.82) is 0 Å². The standard InChI is InChI=1S/C38H23N3/c1-2-9-28(10-3-1)41-36-13-7-6-12-32(36)37-38(41)40-34-21-18-27(23-35(34)39-37)26-15-14-25-17-19-30-29-11-5-4-8-24(29)16-20-31(30)33(25)22-26/h1-23H. The van der Waals surface area contributed by atoms with E-state index in [4.69, 9.17) is 9.97 Å². The molecule has 190 valence electrons. The van der Waals surface area contributed by atoms with E-state index in [1.165, 1.54) is 37.9 Å². The average molecular weight is 522 g/mol. The van der Waals surface area contributed by atoms with E-state index >= 15 is 0 Å². The van der Waals surface area contributed by atoms with Gasteiger partial charge in [0.2, 0.25) is 0 Å². The third kappa shape index (κ3) is 3.33. The second kappa shape index (κ2) is 8.48. The van der Waals surface area contributed by atoms with Gasteiger partial charge in [0.15, 0.2) is 5.65 Å². The largest absolute Gasteiger partial charge is 0.293 e. The van der Waals surface area contributed by atoms with Crippen molar-refractivity contribution in [2.24, 2.45) is 0 Å². The first kappa shape index (κ1) is 22.3. The van der Waals surface area contributed by atoms with Crippen LogP contribution in [-0.4, -0.2) is 14.5 Å². The molecule has 0 amide bonds. The van der Waals surface area contributed by atoms with E-state index in [1.807, 2.05) is 6.07 Å². The number of aromatic nitrogens is 3. The Morgan fingerprint density at radius 3 is 1.95 bits per heavy atom. The van der Waals surface area contributed by atoms with E-state index in [-0.39, 0.29) is 0 Å². The number of rotatable bonds is 2. The lowest BCUT2D eigenvalue weighted by Gasteiger charge is -2.10. The second-order valence-corrected chi connectivity index (χ2v) is 10.7. The molecule has 2 heterocycles. The minimum absolute atomic E-state index is 0.877. The second-order valence-electron chi connectivity index (χ2n) is 10.7. The van der Waals surface area contributed by atoms with Gasteiger partial charge in [-0.2, -0.15) is 0 Å². The Labute approximate surface area is 235 Å². The number of hydrogen-bond acceptors (Lipinski definition) is 2. The maximum absolute atomic E-state index is 5.20. The van der Waals surface area contributed by atoms with Crippen molar-refractivity contribution in [2.75, 3.05) is 0 Å². The van der Waals surface area contributed by atoms with Crippen LogP contribution in [-0.2, 0) is 0 Å². The molecule has 3 heteroatoms. The van der Waals surface area contributed by atoms with E-state index < -0.39 is 0 Å². The van der Waals surface area contributed by atoms with Crippen LogP contribution in [0.4, 0.5) is 0 Å². The van der Waals surface area contributed by atoms with Crippen molar-refractivity contribution in [3.8, 4) is 16.8 Å². The van der Waals surface area contributed by atoms with E-state index in [0.29, 0.717) is 0 Å². The molecule has 2 aromatic heterocycles. The summed E-state index contributed by atoms with van der Waals surface area (Å²) in [5.74, 6) is 0. The molecule has 0 saturated heterocycles. The molecule has 0 aliphatic carbocycles. The molecule has 0 aliphatic rings. The van der Waals surface area contributed by atoms with Gasteiger partial charge in [-0.25, -0.2) is 9.97 Å². The normalized spacial score (nSPS) is 11.9. The predicted octanol–water partition coefficient (Wildman–Crippen LogP) is 9.85. The first-order valence-corrected chi connectivity index (χ1v) is 13.9. The van der Waals surface area contributed by atoms with Crippen molar-refractivity contribution in [1.82, 2.24) is 14.5 Å². The minimum Gasteiger partial charge on any atom is -0.293 e. The van der Waals surface area contributed by atoms with Gasteiger partial charge < -0.3 is 0 Å². The van der Waals surface area contributed by atoms with Gasteiger partial charge in [-0.3, -0.25) is 4.57 Å². The van der Waals surface area contributed by atoms with E-state index in [1.54, 1.807) is 0 Å². The van der Waals surface area contributed by atoms with Gasteiger partial charge in [0.1, 0.15) is 5.52 Å². The summed E-state index contributed by atoms with van der Waals surface area (Å²) in [5, 5.41) is 8.73. The molecular weight excluding hydrogens is 498 g/mol. The molecule has 41 heavy (non-hydrogen) atoms. The van der Waals surface area contributed by atoms with Crippen LogP contribution in [0.5, 0.6) is 0 Å². The molecule has 7 aromatic carbocycles. The lowest BCUT2D eigenvalue weighted by Crippen LogP contribution is -1.96. The molecular formula is C38H23N3. The van der Waals surface area contributed by atoms with Crippen LogP contribution < -0.4 is 0 Å². The summed E-state index contributed by atoms with van der Waals surface area (Å²) >= 11 is 0. The lowest BCUT2D eigenvalue weighted by molar-refractivity contribution is 1.14. The quantitative estimate of drug-likeness (QED) is 0.212. The Morgan fingerprint density at radius 2 is 1.07 bits per heavy atom. The molecule has 9 aromatic rings. The Bertz CT molecular complexity index is 2470. The average Bonchev–Trinajstić information content (AvgIpc) is 3.36. The molecule has 0 aliphatic heterocycles. The van der Waals surface area contributed by atoms with Crippen molar-refractivity contribution in [3.05, 3.63) is 140 Å². The van der Waals surface area contributed by atoms with E-state index in [2.05, 4.69) is 138 Å². The number of fused-ring (bicyclic) bond motifs is 9. The molecule has 0 saturated carbocycles. The SMILES string of the molecule is c1ccc(-n2c3ccccc3c3nc4cc(-c5ccc6ccc7c8ccccc8ccc7c6c5)ccc4nc32)cc1. The minimum atomic E-state index is 0.877. The topological polar surface area (TPSA) is 30.7 Å². The third-order valence-corrected chi connectivity index (χ3v) is 8.35. The van der Waals surface area contributed by atoms with Gasteiger partial charge in [0, 0.05) is 11.1 Å². The monoisotopic (exact) mass is 521 g/mol. The first-order chi connectivity index (χ1) is 20.3. The molecule has 3 nitrogen and oxygen atoms in total. The summed E-state index contributed by atoms with van der Waals surface area (Å²) in [7, 11) is 0. The Hall–Kier alpha value is -5.54. The van der Waals surface area contributed by atoms with Gasteiger partial charge in [0.25, 0.3) is 0 Å². The highest BCUT2D eigenvalue weighted by molar-refractivity contribution is 6.17. The highest BCUT2D eigenvalue weighted by atomic mass is 15.1. The number of nitrogens with zero attached hydrogens (tertiary/aromatic N) is 3. The van der Waals surface area contributed by atoms with Gasteiger partial charge in [-0.05, 0) is 79.8 Å². The van der Waals surface area contributed by atoms with Crippen LogP contribution in [0, 0.1) is 0 Å². The zero-order valence-electron chi connectivity index (χ0n) is 22.1. The summed E-state index contributed by atoms with van der Waals surface area (Å²) in [6.45, 7) is 0. The zero-order chi connectivity index (χ0) is 26.9. The number of benzene rings is 7. The molecule has 0 fully saturated rings. The molecule has 0 bridgehead atoms. The van der Waals surface area contributed by atoms with Crippen molar-refractivity contribution < 1.29 is 0 Å². The Kier molecular flexibility index (Phi) is 4.61. The molecule has 0 spiro atoms. The molecule has 0 radical (unpaired) electrons. The summed E-state index contributed by atoms with van der Waals surface area (Å²) < 4.78 is 2.21. The van der Waals surface area contributed by atoms with E-state index in [0.717, 1.165) is 44.4 Å². The number of hydrogen-bond donors (Lipinski definition) is 0. The third-order valence-electron chi connectivity index (χ3n) is 8.35. The molecule has 0 unspecified atom stereocenters. The van der Waals surface area contributed by atoms with Crippen molar-refractivity contribution in [2.45, 2.75) is 0 Å².